The quantitative estimate of drug-likeness (QED) is 0.669. The lowest BCUT2D eigenvalue weighted by Crippen LogP contribution is -2.42. The molecule has 176 valence electrons. The third-order valence-corrected chi connectivity index (χ3v) is 6.56. The van der Waals surface area contributed by atoms with Crippen LogP contribution in [0.5, 0.6) is 0 Å². The Morgan fingerprint density at radius 3 is 2.66 bits per heavy atom. The molecule has 2 amide bonds. The summed E-state index contributed by atoms with van der Waals surface area (Å²) in [6, 6.07) is 0. The van der Waals surface area contributed by atoms with Gasteiger partial charge in [-0.1, -0.05) is 6.92 Å². The number of anilines is 1. The lowest BCUT2D eigenvalue weighted by molar-refractivity contribution is -0.122. The fourth-order valence-electron chi connectivity index (χ4n) is 4.79. The van der Waals surface area contributed by atoms with E-state index in [4.69, 9.17) is 9.72 Å². The summed E-state index contributed by atoms with van der Waals surface area (Å²) in [5.74, 6) is 1.32. The predicted octanol–water partition coefficient (Wildman–Crippen LogP) is 0.940. The molecule has 0 radical (unpaired) electrons. The van der Waals surface area contributed by atoms with Crippen molar-refractivity contribution in [3.63, 3.8) is 0 Å². The molecule has 3 aliphatic rings. The molecule has 1 N–H and O–H groups in total. The van der Waals surface area contributed by atoms with Crippen molar-refractivity contribution in [2.45, 2.75) is 39.0 Å². The molecule has 3 saturated heterocycles. The zero-order valence-electron chi connectivity index (χ0n) is 19.2. The Morgan fingerprint density at radius 2 is 1.91 bits per heavy atom. The molecule has 3 fully saturated rings. The number of ether oxygens (including phenoxy) is 1. The summed E-state index contributed by atoms with van der Waals surface area (Å²) in [5, 5.41) is 3.03. The minimum Gasteiger partial charge on any atom is -0.378 e. The van der Waals surface area contributed by atoms with Crippen LogP contribution in [0.4, 0.5) is 5.95 Å². The average molecular weight is 445 g/mol. The van der Waals surface area contributed by atoms with E-state index >= 15 is 0 Å². The molecule has 0 bridgehead atoms. The molecule has 32 heavy (non-hydrogen) atoms. The van der Waals surface area contributed by atoms with Crippen LogP contribution in [0.25, 0.3) is 0 Å². The second kappa shape index (κ2) is 11.0. The molecule has 0 spiro atoms. The number of carbonyl (C=O) groups is 2. The molecule has 4 heterocycles. The third-order valence-electron chi connectivity index (χ3n) is 6.56. The Morgan fingerprint density at radius 1 is 1.12 bits per heavy atom. The fraction of sp³-hybridized carbons (Fsp3) is 0.739. The lowest BCUT2D eigenvalue weighted by Gasteiger charge is -2.30. The number of carbonyl (C=O) groups excluding carboxylic acids is 2. The van der Waals surface area contributed by atoms with Crippen molar-refractivity contribution in [3.05, 3.63) is 17.5 Å². The van der Waals surface area contributed by atoms with Gasteiger partial charge < -0.3 is 19.9 Å². The molecular formula is C23H36N6O3. The van der Waals surface area contributed by atoms with Gasteiger partial charge in [0.1, 0.15) is 0 Å². The van der Waals surface area contributed by atoms with E-state index in [9.17, 15) is 9.59 Å². The number of morpholine rings is 1. The summed E-state index contributed by atoms with van der Waals surface area (Å²) in [6.45, 7) is 9.46. The van der Waals surface area contributed by atoms with Crippen LogP contribution in [-0.2, 0) is 16.0 Å². The Bertz CT molecular complexity index is 792. The summed E-state index contributed by atoms with van der Waals surface area (Å²) in [5.41, 5.74) is 1.27. The van der Waals surface area contributed by atoms with Crippen LogP contribution < -0.4 is 10.2 Å². The predicted molar refractivity (Wildman–Crippen MR) is 122 cm³/mol. The maximum atomic E-state index is 13.1. The van der Waals surface area contributed by atoms with Gasteiger partial charge in [0.15, 0.2) is 0 Å². The van der Waals surface area contributed by atoms with E-state index in [0.29, 0.717) is 55.8 Å². The van der Waals surface area contributed by atoms with Crippen LogP contribution in [0, 0.1) is 5.92 Å². The van der Waals surface area contributed by atoms with Gasteiger partial charge in [0, 0.05) is 51.9 Å². The number of aromatic nitrogens is 2. The van der Waals surface area contributed by atoms with E-state index in [2.05, 4.69) is 27.0 Å². The maximum Gasteiger partial charge on any atom is 0.257 e. The Balaban J connectivity index is 1.39. The second-order valence-electron chi connectivity index (χ2n) is 9.21. The van der Waals surface area contributed by atoms with Crippen molar-refractivity contribution in [2.75, 3.05) is 70.5 Å². The molecule has 9 nitrogen and oxygen atoms in total. The van der Waals surface area contributed by atoms with Gasteiger partial charge >= 0.3 is 0 Å². The summed E-state index contributed by atoms with van der Waals surface area (Å²) in [6.07, 6.45) is 6.66. The third kappa shape index (κ3) is 5.95. The normalized spacial score (nSPS) is 22.2. The van der Waals surface area contributed by atoms with E-state index in [0.717, 1.165) is 58.5 Å². The number of likely N-dealkylation sites (tertiary alicyclic amines) is 2. The van der Waals surface area contributed by atoms with E-state index in [1.54, 1.807) is 6.20 Å². The van der Waals surface area contributed by atoms with E-state index < -0.39 is 0 Å². The fourth-order valence-corrected chi connectivity index (χ4v) is 4.79. The summed E-state index contributed by atoms with van der Waals surface area (Å²) in [4.78, 5) is 41.0. The standard InChI is InChI=1S/C23H36N6O3/c1-18-5-4-8-27(16-18)17-21(30)24-7-6-20-19(22(31)28-9-2-3-10-28)15-25-23(26-20)29-11-13-32-14-12-29/h15,18H,2-14,16-17H2,1H3,(H,24,30)/t18-/m0/s1. The zero-order chi connectivity index (χ0) is 22.3. The molecule has 4 rings (SSSR count). The molecule has 0 aromatic carbocycles. The van der Waals surface area contributed by atoms with Crippen LogP contribution >= 0.6 is 0 Å². The second-order valence-corrected chi connectivity index (χ2v) is 9.21. The summed E-state index contributed by atoms with van der Waals surface area (Å²) in [7, 11) is 0. The monoisotopic (exact) mass is 444 g/mol. The van der Waals surface area contributed by atoms with Gasteiger partial charge in [0.05, 0.1) is 31.0 Å². The first-order valence-corrected chi connectivity index (χ1v) is 12.1. The molecule has 0 saturated carbocycles. The van der Waals surface area contributed by atoms with E-state index in [-0.39, 0.29) is 11.8 Å². The first kappa shape index (κ1) is 22.9. The van der Waals surface area contributed by atoms with Gasteiger partial charge in [-0.05, 0) is 38.1 Å². The van der Waals surface area contributed by atoms with Crippen LogP contribution in [-0.4, -0.2) is 97.2 Å². The number of nitrogens with one attached hydrogen (secondary N) is 1. The summed E-state index contributed by atoms with van der Waals surface area (Å²) >= 11 is 0. The zero-order valence-corrected chi connectivity index (χ0v) is 19.2. The SMILES string of the molecule is C[C@H]1CCCN(CC(=O)NCCc2nc(N3CCOCC3)ncc2C(=O)N2CCCC2)C1. The average Bonchev–Trinajstić information content (AvgIpc) is 3.34. The highest BCUT2D eigenvalue weighted by Crippen LogP contribution is 2.19. The number of amides is 2. The summed E-state index contributed by atoms with van der Waals surface area (Å²) < 4.78 is 5.43. The van der Waals surface area contributed by atoms with Crippen molar-refractivity contribution in [1.82, 2.24) is 25.1 Å². The topological polar surface area (TPSA) is 90.9 Å². The Hall–Kier alpha value is -2.26. The Labute approximate surface area is 190 Å². The van der Waals surface area contributed by atoms with E-state index in [1.165, 1.54) is 6.42 Å². The lowest BCUT2D eigenvalue weighted by atomic mass is 10.0. The molecule has 1 atom stereocenters. The van der Waals surface area contributed by atoms with Gasteiger partial charge in [-0.25, -0.2) is 9.97 Å². The van der Waals surface area contributed by atoms with Gasteiger partial charge in [0.2, 0.25) is 11.9 Å². The highest BCUT2D eigenvalue weighted by Gasteiger charge is 2.25. The molecule has 3 aliphatic heterocycles. The van der Waals surface area contributed by atoms with E-state index in [1.807, 2.05) is 4.90 Å². The van der Waals surface area contributed by atoms with Gasteiger partial charge in [0.25, 0.3) is 5.91 Å². The number of rotatable bonds is 7. The number of nitrogens with zero attached hydrogens (tertiary/aromatic N) is 5. The molecule has 9 heteroatoms. The Kier molecular flexibility index (Phi) is 7.91. The highest BCUT2D eigenvalue weighted by atomic mass is 16.5. The number of hydrogen-bond donors (Lipinski definition) is 1. The first-order chi connectivity index (χ1) is 15.6. The first-order valence-electron chi connectivity index (χ1n) is 12.1. The minimum atomic E-state index is -0.000316. The number of piperidine rings is 1. The maximum absolute atomic E-state index is 13.1. The molecule has 0 unspecified atom stereocenters. The van der Waals surface area contributed by atoms with Crippen molar-refractivity contribution in [2.24, 2.45) is 5.92 Å². The highest BCUT2D eigenvalue weighted by molar-refractivity contribution is 5.95. The van der Waals surface area contributed by atoms with Gasteiger partial charge in [-0.3, -0.25) is 14.5 Å². The van der Waals surface area contributed by atoms with Crippen LogP contribution in [0.3, 0.4) is 0 Å². The number of hydrogen-bond acceptors (Lipinski definition) is 7. The van der Waals surface area contributed by atoms with Gasteiger partial charge in [-0.2, -0.15) is 0 Å². The van der Waals surface area contributed by atoms with Crippen molar-refractivity contribution in [3.8, 4) is 0 Å². The molecule has 0 aliphatic carbocycles. The van der Waals surface area contributed by atoms with Gasteiger partial charge in [-0.15, -0.1) is 0 Å². The molecule has 1 aromatic rings. The van der Waals surface area contributed by atoms with Crippen molar-refractivity contribution in [1.29, 1.82) is 0 Å². The molecular weight excluding hydrogens is 408 g/mol. The minimum absolute atomic E-state index is 0.000316. The van der Waals surface area contributed by atoms with Crippen LogP contribution in [0.2, 0.25) is 0 Å². The van der Waals surface area contributed by atoms with Crippen LogP contribution in [0.1, 0.15) is 48.7 Å². The largest absolute Gasteiger partial charge is 0.378 e. The van der Waals surface area contributed by atoms with Crippen molar-refractivity contribution < 1.29 is 14.3 Å². The van der Waals surface area contributed by atoms with Crippen LogP contribution in [0.15, 0.2) is 6.20 Å². The smallest absolute Gasteiger partial charge is 0.257 e. The van der Waals surface area contributed by atoms with Crippen molar-refractivity contribution >= 4 is 17.8 Å². The molecule has 1 aromatic heterocycles.